The Hall–Kier alpha value is -2.21. The van der Waals surface area contributed by atoms with Gasteiger partial charge in [-0.05, 0) is 67.8 Å². The van der Waals surface area contributed by atoms with Crippen LogP contribution in [0, 0.1) is 0 Å². The zero-order valence-electron chi connectivity index (χ0n) is 12.9. The third-order valence-corrected chi connectivity index (χ3v) is 5.00. The molecule has 0 aromatic heterocycles. The minimum Gasteiger partial charge on any atom is -0.494 e. The van der Waals surface area contributed by atoms with Crippen LogP contribution in [0.15, 0.2) is 47.4 Å². The van der Waals surface area contributed by atoms with Crippen LogP contribution in [-0.4, -0.2) is 21.6 Å². The van der Waals surface area contributed by atoms with Gasteiger partial charge in [-0.1, -0.05) is 0 Å². The highest BCUT2D eigenvalue weighted by Crippen LogP contribution is 2.28. The molecule has 1 N–H and O–H groups in total. The maximum absolute atomic E-state index is 12.5. The molecule has 0 saturated heterocycles. The molecule has 122 valence electrons. The minimum absolute atomic E-state index is 0.204. The Morgan fingerprint density at radius 3 is 2.70 bits per heavy atom. The highest BCUT2D eigenvalue weighted by atomic mass is 32.2. The van der Waals surface area contributed by atoms with E-state index in [9.17, 15) is 8.42 Å². The second-order valence-electron chi connectivity index (χ2n) is 5.28. The third-order valence-electron chi connectivity index (χ3n) is 3.61. The summed E-state index contributed by atoms with van der Waals surface area (Å²) in [5, 5.41) is 0. The number of rotatable bonds is 5. The quantitative estimate of drug-likeness (QED) is 0.912. The number of sulfonamides is 1. The summed E-state index contributed by atoms with van der Waals surface area (Å²) < 4.78 is 38.4. The molecule has 2 aromatic rings. The monoisotopic (exact) mass is 333 g/mol. The molecule has 0 spiro atoms. The van der Waals surface area contributed by atoms with Gasteiger partial charge in [-0.25, -0.2) is 8.42 Å². The average molecular weight is 333 g/mol. The molecule has 0 amide bonds. The molecule has 0 aliphatic carbocycles. The number of hydrogen-bond donors (Lipinski definition) is 1. The van der Waals surface area contributed by atoms with Crippen LogP contribution >= 0.6 is 0 Å². The van der Waals surface area contributed by atoms with Gasteiger partial charge in [0.15, 0.2) is 0 Å². The lowest BCUT2D eigenvalue weighted by atomic mass is 10.1. The summed E-state index contributed by atoms with van der Waals surface area (Å²) in [7, 11) is -3.62. The van der Waals surface area contributed by atoms with Crippen molar-refractivity contribution >= 4 is 15.7 Å². The molecule has 1 aliphatic heterocycles. The van der Waals surface area contributed by atoms with Crippen LogP contribution in [0.25, 0.3) is 0 Å². The number of nitrogens with one attached hydrogen (secondary N) is 1. The maximum atomic E-state index is 12.5. The van der Waals surface area contributed by atoms with Crippen molar-refractivity contribution in [1.82, 2.24) is 0 Å². The molecule has 0 bridgehead atoms. The lowest BCUT2D eigenvalue weighted by Gasteiger charge is -2.18. The van der Waals surface area contributed by atoms with Gasteiger partial charge in [0.05, 0.1) is 18.1 Å². The van der Waals surface area contributed by atoms with E-state index in [0.717, 1.165) is 24.2 Å². The lowest BCUT2D eigenvalue weighted by molar-refractivity contribution is 0.288. The Bertz CT molecular complexity index is 785. The average Bonchev–Trinajstić information content (AvgIpc) is 2.55. The van der Waals surface area contributed by atoms with Crippen molar-refractivity contribution in [2.45, 2.75) is 24.7 Å². The first-order chi connectivity index (χ1) is 11.1. The van der Waals surface area contributed by atoms with Crippen LogP contribution in [0.1, 0.15) is 18.9 Å². The number of benzene rings is 2. The summed E-state index contributed by atoms with van der Waals surface area (Å²) >= 11 is 0. The number of ether oxygens (including phenoxy) is 2. The van der Waals surface area contributed by atoms with Gasteiger partial charge in [0.2, 0.25) is 0 Å². The summed E-state index contributed by atoms with van der Waals surface area (Å²) in [6.45, 7) is 3.14. The van der Waals surface area contributed by atoms with Crippen molar-refractivity contribution in [3.8, 4) is 11.5 Å². The van der Waals surface area contributed by atoms with Crippen LogP contribution in [0.4, 0.5) is 5.69 Å². The number of anilines is 1. The van der Waals surface area contributed by atoms with Crippen molar-refractivity contribution in [3.63, 3.8) is 0 Å². The van der Waals surface area contributed by atoms with E-state index in [4.69, 9.17) is 9.47 Å². The second-order valence-corrected chi connectivity index (χ2v) is 6.97. The number of fused-ring (bicyclic) bond motifs is 1. The van der Waals surface area contributed by atoms with Crippen molar-refractivity contribution in [2.75, 3.05) is 17.9 Å². The molecule has 0 unspecified atom stereocenters. The normalized spacial score (nSPS) is 13.8. The van der Waals surface area contributed by atoms with Crippen LogP contribution in [-0.2, 0) is 16.4 Å². The predicted octanol–water partition coefficient (Wildman–Crippen LogP) is 3.21. The van der Waals surface area contributed by atoms with E-state index in [0.29, 0.717) is 24.7 Å². The number of hydrogen-bond acceptors (Lipinski definition) is 4. The smallest absolute Gasteiger partial charge is 0.261 e. The van der Waals surface area contributed by atoms with Crippen molar-refractivity contribution in [1.29, 1.82) is 0 Å². The Labute approximate surface area is 136 Å². The van der Waals surface area contributed by atoms with Gasteiger partial charge in [-0.3, -0.25) is 4.72 Å². The molecule has 0 radical (unpaired) electrons. The van der Waals surface area contributed by atoms with Gasteiger partial charge in [0, 0.05) is 5.69 Å². The van der Waals surface area contributed by atoms with E-state index in [-0.39, 0.29) is 4.90 Å². The fourth-order valence-corrected chi connectivity index (χ4v) is 3.57. The molecule has 2 aromatic carbocycles. The molecular formula is C17H19NO4S. The molecule has 1 aliphatic rings. The number of aryl methyl sites for hydroxylation is 1. The zero-order chi connectivity index (χ0) is 16.3. The van der Waals surface area contributed by atoms with Crippen molar-refractivity contribution in [3.05, 3.63) is 48.0 Å². The van der Waals surface area contributed by atoms with Gasteiger partial charge >= 0.3 is 0 Å². The summed E-state index contributed by atoms with van der Waals surface area (Å²) in [5.74, 6) is 1.48. The summed E-state index contributed by atoms with van der Waals surface area (Å²) in [6.07, 6.45) is 1.84. The molecule has 0 atom stereocenters. The maximum Gasteiger partial charge on any atom is 0.261 e. The Morgan fingerprint density at radius 1 is 1.17 bits per heavy atom. The van der Waals surface area contributed by atoms with E-state index >= 15 is 0 Å². The minimum atomic E-state index is -3.62. The standard InChI is InChI=1S/C17H19NO4S/c1-2-21-15-6-8-16(9-7-15)23(19,20)18-14-5-10-17-13(12-14)4-3-11-22-17/h5-10,12,18H,2-4,11H2,1H3. The largest absolute Gasteiger partial charge is 0.494 e. The molecule has 0 saturated carbocycles. The van der Waals surface area contributed by atoms with Gasteiger partial charge in [0.25, 0.3) is 10.0 Å². The molecule has 23 heavy (non-hydrogen) atoms. The van der Waals surface area contributed by atoms with E-state index in [1.165, 1.54) is 12.1 Å². The first kappa shape index (κ1) is 15.7. The van der Waals surface area contributed by atoms with E-state index in [2.05, 4.69) is 4.72 Å². The van der Waals surface area contributed by atoms with E-state index in [1.807, 2.05) is 19.1 Å². The summed E-state index contributed by atoms with van der Waals surface area (Å²) in [5.41, 5.74) is 1.58. The van der Waals surface area contributed by atoms with Crippen LogP contribution < -0.4 is 14.2 Å². The molecule has 1 heterocycles. The summed E-state index contributed by atoms with van der Waals surface area (Å²) in [4.78, 5) is 0.204. The first-order valence-corrected chi connectivity index (χ1v) is 9.08. The predicted molar refractivity (Wildman–Crippen MR) is 88.7 cm³/mol. The molecule has 0 fully saturated rings. The fraction of sp³-hybridized carbons (Fsp3) is 0.294. The Kier molecular flexibility index (Phi) is 4.43. The molecular weight excluding hydrogens is 314 g/mol. The van der Waals surface area contributed by atoms with Gasteiger partial charge in [-0.15, -0.1) is 0 Å². The topological polar surface area (TPSA) is 64.6 Å². The van der Waals surface area contributed by atoms with Crippen LogP contribution in [0.3, 0.4) is 0 Å². The van der Waals surface area contributed by atoms with Gasteiger partial charge in [0.1, 0.15) is 11.5 Å². The molecule has 6 heteroatoms. The van der Waals surface area contributed by atoms with E-state index in [1.54, 1.807) is 18.2 Å². The second kappa shape index (κ2) is 6.50. The highest BCUT2D eigenvalue weighted by Gasteiger charge is 2.16. The van der Waals surface area contributed by atoms with Crippen LogP contribution in [0.5, 0.6) is 11.5 Å². The first-order valence-electron chi connectivity index (χ1n) is 7.60. The molecule has 3 rings (SSSR count). The lowest BCUT2D eigenvalue weighted by Crippen LogP contribution is -2.14. The third kappa shape index (κ3) is 3.59. The van der Waals surface area contributed by atoms with Gasteiger partial charge in [-0.2, -0.15) is 0 Å². The molecule has 5 nitrogen and oxygen atoms in total. The van der Waals surface area contributed by atoms with Crippen molar-refractivity contribution in [2.24, 2.45) is 0 Å². The Balaban J connectivity index is 1.80. The summed E-state index contributed by atoms with van der Waals surface area (Å²) in [6, 6.07) is 11.7. The zero-order valence-corrected chi connectivity index (χ0v) is 13.7. The van der Waals surface area contributed by atoms with Crippen LogP contribution in [0.2, 0.25) is 0 Å². The Morgan fingerprint density at radius 2 is 1.96 bits per heavy atom. The fourth-order valence-electron chi connectivity index (χ4n) is 2.52. The SMILES string of the molecule is CCOc1ccc(S(=O)(=O)Nc2ccc3c(c2)CCCO3)cc1. The van der Waals surface area contributed by atoms with Crippen molar-refractivity contribution < 1.29 is 17.9 Å². The van der Waals surface area contributed by atoms with E-state index < -0.39 is 10.0 Å². The van der Waals surface area contributed by atoms with Gasteiger partial charge < -0.3 is 9.47 Å². The highest BCUT2D eigenvalue weighted by molar-refractivity contribution is 7.92.